The highest BCUT2D eigenvalue weighted by Crippen LogP contribution is 2.26. The van der Waals surface area contributed by atoms with Crippen molar-refractivity contribution in [2.75, 3.05) is 13.1 Å². The number of rotatable bonds is 7. The molecule has 2 N–H and O–H groups in total. The molecule has 25 heavy (non-hydrogen) atoms. The van der Waals surface area contributed by atoms with Gasteiger partial charge >= 0.3 is 0 Å². The summed E-state index contributed by atoms with van der Waals surface area (Å²) in [4.78, 5) is 49.7. The lowest BCUT2D eigenvalue weighted by Crippen LogP contribution is -2.51. The molecule has 0 radical (unpaired) electrons. The van der Waals surface area contributed by atoms with E-state index in [0.29, 0.717) is 17.5 Å². The highest BCUT2D eigenvalue weighted by Gasteiger charge is 2.42. The molecule has 7 nitrogen and oxygen atoms in total. The van der Waals surface area contributed by atoms with Gasteiger partial charge in [0.15, 0.2) is 0 Å². The number of hydrogen-bond donors (Lipinski definition) is 2. The number of imide groups is 1. The van der Waals surface area contributed by atoms with Gasteiger partial charge in [0, 0.05) is 20.0 Å². The van der Waals surface area contributed by atoms with Gasteiger partial charge in [0.2, 0.25) is 11.8 Å². The van der Waals surface area contributed by atoms with E-state index in [1.165, 1.54) is 6.92 Å². The maximum absolute atomic E-state index is 12.6. The number of hydrogen-bond acceptors (Lipinski definition) is 4. The second kappa shape index (κ2) is 7.92. The van der Waals surface area contributed by atoms with Crippen molar-refractivity contribution in [1.29, 1.82) is 0 Å². The highest BCUT2D eigenvalue weighted by molar-refractivity contribution is 6.22. The summed E-state index contributed by atoms with van der Waals surface area (Å²) >= 11 is 0. The molecule has 1 heterocycles. The van der Waals surface area contributed by atoms with E-state index in [2.05, 4.69) is 10.6 Å². The van der Waals surface area contributed by atoms with Gasteiger partial charge in [-0.25, -0.2) is 0 Å². The molecule has 1 aliphatic rings. The minimum absolute atomic E-state index is 0.121. The van der Waals surface area contributed by atoms with Crippen LogP contribution in [-0.4, -0.2) is 47.7 Å². The van der Waals surface area contributed by atoms with Gasteiger partial charge in [-0.05, 0) is 24.5 Å². The Morgan fingerprint density at radius 3 is 2.00 bits per heavy atom. The van der Waals surface area contributed by atoms with E-state index in [0.717, 1.165) is 4.90 Å². The van der Waals surface area contributed by atoms with Crippen LogP contribution in [0.25, 0.3) is 0 Å². The average molecular weight is 345 g/mol. The third kappa shape index (κ3) is 4.23. The van der Waals surface area contributed by atoms with Gasteiger partial charge in [-0.1, -0.05) is 26.0 Å². The molecule has 0 spiro atoms. The lowest BCUT2D eigenvalue weighted by molar-refractivity contribution is -0.125. The Morgan fingerprint density at radius 2 is 1.52 bits per heavy atom. The van der Waals surface area contributed by atoms with Gasteiger partial charge in [0.25, 0.3) is 11.8 Å². The second-order valence-electron chi connectivity index (χ2n) is 6.45. The Labute approximate surface area is 146 Å². The van der Waals surface area contributed by atoms with Crippen molar-refractivity contribution in [1.82, 2.24) is 15.5 Å². The van der Waals surface area contributed by atoms with Crippen molar-refractivity contribution in [3.63, 3.8) is 0 Å². The van der Waals surface area contributed by atoms with Gasteiger partial charge in [-0.2, -0.15) is 0 Å². The Hall–Kier alpha value is -2.70. The quantitative estimate of drug-likeness (QED) is 0.568. The number of carbonyl (C=O) groups is 4. The maximum atomic E-state index is 12.6. The number of nitrogens with one attached hydrogen (secondary N) is 2. The van der Waals surface area contributed by atoms with Gasteiger partial charge in [0.1, 0.15) is 6.04 Å². The predicted octanol–water partition coefficient (Wildman–Crippen LogP) is 0.950. The van der Waals surface area contributed by atoms with Crippen LogP contribution in [0, 0.1) is 5.92 Å². The molecule has 0 aromatic heterocycles. The van der Waals surface area contributed by atoms with Crippen LogP contribution in [0.3, 0.4) is 0 Å². The van der Waals surface area contributed by atoms with Crippen LogP contribution in [0.2, 0.25) is 0 Å². The zero-order chi connectivity index (χ0) is 18.6. The summed E-state index contributed by atoms with van der Waals surface area (Å²) in [5.41, 5.74) is 0.652. The summed E-state index contributed by atoms with van der Waals surface area (Å²) in [6.45, 7) is 5.77. The van der Waals surface area contributed by atoms with Crippen LogP contribution < -0.4 is 10.6 Å². The average Bonchev–Trinajstić information content (AvgIpc) is 2.81. The first-order chi connectivity index (χ1) is 11.8. The third-order valence-corrected chi connectivity index (χ3v) is 3.93. The summed E-state index contributed by atoms with van der Waals surface area (Å²) in [6, 6.07) is 5.70. The molecule has 0 fully saturated rings. The first-order valence-electron chi connectivity index (χ1n) is 8.32. The van der Waals surface area contributed by atoms with E-state index < -0.39 is 23.8 Å². The molecule has 1 unspecified atom stereocenters. The Bertz CT molecular complexity index is 664. The Balaban J connectivity index is 2.15. The van der Waals surface area contributed by atoms with Crippen LogP contribution in [0.5, 0.6) is 0 Å². The molecule has 134 valence electrons. The van der Waals surface area contributed by atoms with Gasteiger partial charge in [-0.15, -0.1) is 0 Å². The molecule has 0 saturated carbocycles. The number of fused-ring (bicyclic) bond motifs is 1. The summed E-state index contributed by atoms with van der Waals surface area (Å²) < 4.78 is 0. The summed E-state index contributed by atoms with van der Waals surface area (Å²) in [5.74, 6) is -1.34. The largest absolute Gasteiger partial charge is 0.355 e. The van der Waals surface area contributed by atoms with Crippen molar-refractivity contribution >= 4 is 23.6 Å². The van der Waals surface area contributed by atoms with Crippen LogP contribution in [0.4, 0.5) is 0 Å². The van der Waals surface area contributed by atoms with E-state index in [1.807, 2.05) is 13.8 Å². The molecule has 1 atom stereocenters. The zero-order valence-corrected chi connectivity index (χ0v) is 14.7. The molecule has 1 aromatic carbocycles. The number of carbonyl (C=O) groups excluding carboxylic acids is 4. The monoisotopic (exact) mass is 345 g/mol. The molecule has 1 aromatic rings. The molecule has 0 aliphatic carbocycles. The van der Waals surface area contributed by atoms with Gasteiger partial charge < -0.3 is 10.6 Å². The predicted molar refractivity (Wildman–Crippen MR) is 91.9 cm³/mol. The zero-order valence-electron chi connectivity index (χ0n) is 14.7. The highest BCUT2D eigenvalue weighted by atomic mass is 16.2. The molecule has 4 amide bonds. The van der Waals surface area contributed by atoms with E-state index in [9.17, 15) is 19.2 Å². The lowest BCUT2D eigenvalue weighted by atomic mass is 10.0. The molecular weight excluding hydrogens is 322 g/mol. The molecule has 0 bridgehead atoms. The molecule has 2 rings (SSSR count). The molecular formula is C18H23N3O4. The van der Waals surface area contributed by atoms with E-state index in [4.69, 9.17) is 0 Å². The Morgan fingerprint density at radius 1 is 1.00 bits per heavy atom. The van der Waals surface area contributed by atoms with Crippen molar-refractivity contribution in [2.24, 2.45) is 5.92 Å². The SMILES string of the molecule is CC(=O)NCCNC(=O)C(CC(C)C)N1C(=O)c2ccccc2C1=O. The normalized spacial score (nSPS) is 14.5. The van der Waals surface area contributed by atoms with Gasteiger partial charge in [-0.3, -0.25) is 24.1 Å². The topological polar surface area (TPSA) is 95.6 Å². The van der Waals surface area contributed by atoms with Crippen molar-refractivity contribution < 1.29 is 19.2 Å². The van der Waals surface area contributed by atoms with Crippen LogP contribution in [-0.2, 0) is 9.59 Å². The van der Waals surface area contributed by atoms with Crippen molar-refractivity contribution in [3.05, 3.63) is 35.4 Å². The van der Waals surface area contributed by atoms with Crippen molar-refractivity contribution in [3.8, 4) is 0 Å². The Kier molecular flexibility index (Phi) is 5.90. The number of benzene rings is 1. The fourth-order valence-electron chi connectivity index (χ4n) is 2.81. The van der Waals surface area contributed by atoms with Gasteiger partial charge in [0.05, 0.1) is 11.1 Å². The van der Waals surface area contributed by atoms with Crippen molar-refractivity contribution in [2.45, 2.75) is 33.2 Å². The lowest BCUT2D eigenvalue weighted by Gasteiger charge is -2.26. The minimum atomic E-state index is -0.871. The van der Waals surface area contributed by atoms with E-state index >= 15 is 0 Å². The minimum Gasteiger partial charge on any atom is -0.355 e. The summed E-state index contributed by atoms with van der Waals surface area (Å²) in [6.07, 6.45) is 0.372. The fourth-order valence-corrected chi connectivity index (χ4v) is 2.81. The first-order valence-corrected chi connectivity index (χ1v) is 8.32. The number of nitrogens with zero attached hydrogens (tertiary/aromatic N) is 1. The standard InChI is InChI=1S/C18H23N3O4/c1-11(2)10-15(16(23)20-9-8-19-12(3)22)21-17(24)13-6-4-5-7-14(13)18(21)25/h4-7,11,15H,8-10H2,1-3H3,(H,19,22)(H,20,23). The summed E-state index contributed by atoms with van der Waals surface area (Å²) in [7, 11) is 0. The maximum Gasteiger partial charge on any atom is 0.262 e. The third-order valence-electron chi connectivity index (χ3n) is 3.93. The van der Waals surface area contributed by atoms with Crippen LogP contribution in [0.15, 0.2) is 24.3 Å². The van der Waals surface area contributed by atoms with E-state index in [-0.39, 0.29) is 24.9 Å². The second-order valence-corrected chi connectivity index (χ2v) is 6.45. The van der Waals surface area contributed by atoms with E-state index in [1.54, 1.807) is 24.3 Å². The van der Waals surface area contributed by atoms with Crippen LogP contribution >= 0.6 is 0 Å². The molecule has 7 heteroatoms. The molecule has 0 saturated heterocycles. The summed E-state index contributed by atoms with van der Waals surface area (Å²) in [5, 5.41) is 5.27. The fraction of sp³-hybridized carbons (Fsp3) is 0.444. The smallest absolute Gasteiger partial charge is 0.262 e. The first kappa shape index (κ1) is 18.6. The number of amides is 4. The molecule has 1 aliphatic heterocycles. The van der Waals surface area contributed by atoms with Crippen LogP contribution in [0.1, 0.15) is 47.9 Å².